The number of halogens is 1. The van der Waals surface area contributed by atoms with E-state index in [0.29, 0.717) is 24.3 Å². The van der Waals surface area contributed by atoms with Crippen LogP contribution < -0.4 is 0 Å². The van der Waals surface area contributed by atoms with E-state index in [2.05, 4.69) is 4.98 Å². The largest absolute Gasteiger partial charge is 0.337 e. The van der Waals surface area contributed by atoms with Crippen LogP contribution in [-0.2, 0) is 26.9 Å². The summed E-state index contributed by atoms with van der Waals surface area (Å²) in [5, 5.41) is -0.0128. The minimum absolute atomic E-state index is 0.0128. The van der Waals surface area contributed by atoms with Gasteiger partial charge < -0.3 is 9.47 Å². The second-order valence-electron chi connectivity index (χ2n) is 8.22. The maximum Gasteiger partial charge on any atom is 0.228 e. The number of imidazole rings is 1. The molecule has 0 atom stereocenters. The van der Waals surface area contributed by atoms with E-state index in [0.717, 1.165) is 25.7 Å². The molecule has 1 aliphatic carbocycles. The van der Waals surface area contributed by atoms with Crippen molar-refractivity contribution in [3.05, 3.63) is 47.5 Å². The van der Waals surface area contributed by atoms with Crippen molar-refractivity contribution in [2.45, 2.75) is 70.0 Å². The third kappa shape index (κ3) is 4.91. The molecule has 0 radical (unpaired) electrons. The second kappa shape index (κ2) is 9.29. The molecule has 0 saturated heterocycles. The maximum absolute atomic E-state index is 13.1. The van der Waals surface area contributed by atoms with Gasteiger partial charge in [-0.05, 0) is 51.3 Å². The van der Waals surface area contributed by atoms with Crippen molar-refractivity contribution < 1.29 is 17.6 Å². The quantitative estimate of drug-likeness (QED) is 0.625. The van der Waals surface area contributed by atoms with Gasteiger partial charge in [-0.3, -0.25) is 4.79 Å². The summed E-state index contributed by atoms with van der Waals surface area (Å²) >= 11 is 0. The molecule has 3 rings (SSSR count). The van der Waals surface area contributed by atoms with Crippen LogP contribution in [0.25, 0.3) is 0 Å². The van der Waals surface area contributed by atoms with Gasteiger partial charge in [-0.2, -0.15) is 0 Å². The molecular formula is C22H30FN3O3S. The van der Waals surface area contributed by atoms with E-state index < -0.39 is 15.7 Å². The Bertz CT molecular complexity index is 978. The van der Waals surface area contributed by atoms with Gasteiger partial charge in [0.05, 0.1) is 24.2 Å². The van der Waals surface area contributed by atoms with Crippen LogP contribution in [0, 0.1) is 11.7 Å². The van der Waals surface area contributed by atoms with E-state index in [4.69, 9.17) is 0 Å². The molecule has 0 N–H and O–H groups in total. The Morgan fingerprint density at radius 2 is 1.87 bits per heavy atom. The first kappa shape index (κ1) is 22.5. The average Bonchev–Trinajstić information content (AvgIpc) is 3.37. The maximum atomic E-state index is 13.1. The smallest absolute Gasteiger partial charge is 0.228 e. The van der Waals surface area contributed by atoms with Crippen molar-refractivity contribution in [2.75, 3.05) is 6.54 Å². The first-order valence-corrected chi connectivity index (χ1v) is 12.2. The highest BCUT2D eigenvalue weighted by Gasteiger charge is 2.29. The molecular weight excluding hydrogens is 405 g/mol. The Morgan fingerprint density at radius 3 is 2.43 bits per heavy atom. The Hall–Kier alpha value is -2.22. The molecule has 1 amide bonds. The van der Waals surface area contributed by atoms with Crippen LogP contribution >= 0.6 is 0 Å². The lowest BCUT2D eigenvalue weighted by atomic mass is 10.1. The zero-order valence-corrected chi connectivity index (χ0v) is 18.7. The number of carbonyl (C=O) groups is 1. The number of benzene rings is 1. The molecule has 30 heavy (non-hydrogen) atoms. The Kier molecular flexibility index (Phi) is 6.95. The summed E-state index contributed by atoms with van der Waals surface area (Å²) in [7, 11) is -3.73. The molecule has 0 bridgehead atoms. The van der Waals surface area contributed by atoms with Crippen LogP contribution in [0.4, 0.5) is 4.39 Å². The monoisotopic (exact) mass is 435 g/mol. The molecule has 0 unspecified atom stereocenters. The third-order valence-corrected chi connectivity index (χ3v) is 7.23. The normalized spacial score (nSPS) is 15.1. The highest BCUT2D eigenvalue weighted by atomic mass is 32.2. The highest BCUT2D eigenvalue weighted by molar-refractivity contribution is 7.90. The zero-order chi connectivity index (χ0) is 21.9. The Morgan fingerprint density at radius 1 is 1.23 bits per heavy atom. The molecule has 0 spiro atoms. The third-order valence-electron chi connectivity index (χ3n) is 5.65. The lowest BCUT2D eigenvalue weighted by Crippen LogP contribution is -2.35. The van der Waals surface area contributed by atoms with Crippen molar-refractivity contribution >= 4 is 15.7 Å². The molecule has 1 aliphatic rings. The van der Waals surface area contributed by atoms with Crippen LogP contribution in [0.5, 0.6) is 0 Å². The second-order valence-corrected chi connectivity index (χ2v) is 10.1. The Balaban J connectivity index is 1.86. The van der Waals surface area contributed by atoms with Crippen LogP contribution in [0.1, 0.15) is 63.8 Å². The predicted octanol–water partition coefficient (Wildman–Crippen LogP) is 4.12. The number of aromatic nitrogens is 2. The van der Waals surface area contributed by atoms with Crippen LogP contribution in [0.2, 0.25) is 0 Å². The lowest BCUT2D eigenvalue weighted by Gasteiger charge is -2.25. The van der Waals surface area contributed by atoms with Gasteiger partial charge >= 0.3 is 0 Å². The van der Waals surface area contributed by atoms with Gasteiger partial charge in [-0.25, -0.2) is 17.8 Å². The van der Waals surface area contributed by atoms with E-state index in [9.17, 15) is 17.6 Å². The summed E-state index contributed by atoms with van der Waals surface area (Å²) in [6, 6.07) is 5.30. The van der Waals surface area contributed by atoms with Crippen LogP contribution in [0.3, 0.4) is 0 Å². The fourth-order valence-corrected chi connectivity index (χ4v) is 5.71. The topological polar surface area (TPSA) is 72.3 Å². The molecule has 1 fully saturated rings. The molecule has 1 saturated carbocycles. The molecule has 164 valence electrons. The summed E-state index contributed by atoms with van der Waals surface area (Å²) in [6.07, 6.45) is 5.58. The van der Waals surface area contributed by atoms with Gasteiger partial charge in [0.15, 0.2) is 0 Å². The summed E-state index contributed by atoms with van der Waals surface area (Å²) < 4.78 is 41.0. The summed E-state index contributed by atoms with van der Waals surface area (Å²) in [4.78, 5) is 18.9. The van der Waals surface area contributed by atoms with E-state index in [1.54, 1.807) is 15.7 Å². The molecule has 1 aromatic carbocycles. The fraction of sp³-hybridized carbons (Fsp3) is 0.545. The number of carbonyl (C=O) groups excluding carboxylic acids is 1. The number of sulfone groups is 1. The average molecular weight is 436 g/mol. The van der Waals surface area contributed by atoms with Gasteiger partial charge in [-0.1, -0.05) is 25.0 Å². The van der Waals surface area contributed by atoms with Crippen LogP contribution in [-0.4, -0.2) is 35.3 Å². The first-order valence-electron chi connectivity index (χ1n) is 10.5. The van der Waals surface area contributed by atoms with Gasteiger partial charge in [0.1, 0.15) is 5.82 Å². The van der Waals surface area contributed by atoms with Crippen molar-refractivity contribution in [3.63, 3.8) is 0 Å². The fourth-order valence-electron chi connectivity index (χ4n) is 4.11. The van der Waals surface area contributed by atoms with Crippen molar-refractivity contribution in [1.82, 2.24) is 14.5 Å². The van der Waals surface area contributed by atoms with E-state index in [1.165, 1.54) is 24.3 Å². The van der Waals surface area contributed by atoms with E-state index >= 15 is 0 Å². The molecule has 0 aliphatic heterocycles. The van der Waals surface area contributed by atoms with Crippen molar-refractivity contribution in [2.24, 2.45) is 5.92 Å². The number of rotatable bonds is 8. The highest BCUT2D eigenvalue weighted by Crippen LogP contribution is 2.28. The van der Waals surface area contributed by atoms with Gasteiger partial charge in [0.25, 0.3) is 0 Å². The summed E-state index contributed by atoms with van der Waals surface area (Å²) in [5.41, 5.74) is 1.21. The lowest BCUT2D eigenvalue weighted by molar-refractivity contribution is -0.135. The summed E-state index contributed by atoms with van der Waals surface area (Å²) in [6.45, 7) is 6.64. The first-order chi connectivity index (χ1) is 14.2. The molecule has 1 aromatic heterocycles. The molecule has 2 aromatic rings. The minimum Gasteiger partial charge on any atom is -0.337 e. The van der Waals surface area contributed by atoms with Gasteiger partial charge in [0, 0.05) is 18.5 Å². The summed E-state index contributed by atoms with van der Waals surface area (Å²) in [5.74, 6) is -0.451. The predicted molar refractivity (Wildman–Crippen MR) is 113 cm³/mol. The van der Waals surface area contributed by atoms with E-state index in [-0.39, 0.29) is 28.8 Å². The Labute approximate surface area is 178 Å². The molecule has 8 heteroatoms. The number of nitrogens with zero attached hydrogens (tertiary/aromatic N) is 3. The standard InChI is InChI=1S/C22H30FN3O3S/c1-4-25(21(27)18-7-5-6-8-18)14-20-13-24-22(26(20)16(2)3)30(28,29)15-17-9-11-19(23)12-10-17/h9-13,16,18H,4-8,14-15H2,1-3H3. The van der Waals surface area contributed by atoms with Crippen molar-refractivity contribution in [3.8, 4) is 0 Å². The minimum atomic E-state index is -3.73. The number of hydrogen-bond acceptors (Lipinski definition) is 4. The molecule has 6 nitrogen and oxygen atoms in total. The number of hydrogen-bond donors (Lipinski definition) is 0. The van der Waals surface area contributed by atoms with Crippen molar-refractivity contribution in [1.29, 1.82) is 0 Å². The van der Waals surface area contributed by atoms with Crippen LogP contribution in [0.15, 0.2) is 35.6 Å². The number of amides is 1. The molecule has 1 heterocycles. The van der Waals surface area contributed by atoms with Gasteiger partial charge in [0.2, 0.25) is 20.9 Å². The van der Waals surface area contributed by atoms with E-state index in [1.807, 2.05) is 20.8 Å². The SMILES string of the molecule is CCN(Cc1cnc(S(=O)(=O)Cc2ccc(F)cc2)n1C(C)C)C(=O)C1CCCC1. The zero-order valence-electron chi connectivity index (χ0n) is 17.8. The van der Waals surface area contributed by atoms with Gasteiger partial charge in [-0.15, -0.1) is 0 Å².